The van der Waals surface area contributed by atoms with E-state index in [0.29, 0.717) is 0 Å². The van der Waals surface area contributed by atoms with Crippen LogP contribution in [0.4, 0.5) is 0 Å². The predicted octanol–water partition coefficient (Wildman–Crippen LogP) is 5.46. The van der Waals surface area contributed by atoms with Crippen molar-refractivity contribution in [3.8, 4) is 0 Å². The van der Waals surface area contributed by atoms with Gasteiger partial charge in [-0.1, -0.05) is 52.0 Å². The quantitative estimate of drug-likeness (QED) is 0.201. The zero-order valence-electron chi connectivity index (χ0n) is 15.7. The highest BCUT2D eigenvalue weighted by atomic mass is 33.1. The minimum absolute atomic E-state index is 1.05. The van der Waals surface area contributed by atoms with E-state index in [1.807, 2.05) is 52.9 Å². The highest BCUT2D eigenvalue weighted by molar-refractivity contribution is 8.76. The van der Waals surface area contributed by atoms with Crippen LogP contribution in [-0.4, -0.2) is 18.1 Å². The van der Waals surface area contributed by atoms with Gasteiger partial charge in [-0.05, 0) is 38.5 Å². The summed E-state index contributed by atoms with van der Waals surface area (Å²) in [5.74, 6) is 2.51. The maximum atomic E-state index is 3.83. The molecule has 0 aliphatic rings. The Labute approximate surface area is 162 Å². The Kier molecular flexibility index (Phi) is 13.3. The first kappa shape index (κ1) is 21.9. The molecule has 0 aliphatic carbocycles. The highest BCUT2D eigenvalue weighted by Crippen LogP contribution is 2.23. The molecular formula is C21H33N2S2+. The van der Waals surface area contributed by atoms with Crippen LogP contribution in [0.3, 0.4) is 0 Å². The number of nitrogens with zero attached hydrogens (tertiary/aromatic N) is 1. The first-order valence-corrected chi connectivity index (χ1v) is 11.6. The number of unbranched alkanes of at least 4 members (excludes halogenated alkanes) is 2. The first-order chi connectivity index (χ1) is 12.2. The molecule has 0 saturated heterocycles. The maximum absolute atomic E-state index is 3.83. The second-order valence-electron chi connectivity index (χ2n) is 6.11. The van der Waals surface area contributed by atoms with Crippen LogP contribution in [0.1, 0.15) is 38.3 Å². The third-order valence-electron chi connectivity index (χ3n) is 3.63. The van der Waals surface area contributed by atoms with Crippen molar-refractivity contribution in [3.05, 3.63) is 66.7 Å². The number of aryl methyl sites for hydroxylation is 2. The topological polar surface area (TPSA) is 15.9 Å². The fourth-order valence-corrected chi connectivity index (χ4v) is 4.48. The van der Waals surface area contributed by atoms with Crippen LogP contribution in [0, 0.1) is 6.92 Å². The monoisotopic (exact) mass is 377 g/mol. The van der Waals surface area contributed by atoms with Gasteiger partial charge in [-0.15, -0.1) is 0 Å². The van der Waals surface area contributed by atoms with Crippen LogP contribution in [-0.2, 0) is 6.54 Å². The molecule has 0 bridgehead atoms. The van der Waals surface area contributed by atoms with E-state index in [2.05, 4.69) is 47.8 Å². The molecule has 25 heavy (non-hydrogen) atoms. The Bertz CT molecular complexity index is 538. The maximum Gasteiger partial charge on any atom is 0.178 e. The van der Waals surface area contributed by atoms with Gasteiger partial charge in [0.15, 0.2) is 11.9 Å². The molecule has 2 nitrogen and oxygen atoms in total. The van der Waals surface area contributed by atoms with Crippen molar-refractivity contribution >= 4 is 21.6 Å². The van der Waals surface area contributed by atoms with Gasteiger partial charge >= 0.3 is 0 Å². The molecule has 138 valence electrons. The Morgan fingerprint density at radius 2 is 1.88 bits per heavy atom. The molecule has 1 heterocycles. The van der Waals surface area contributed by atoms with Crippen molar-refractivity contribution in [2.24, 2.45) is 0 Å². The molecule has 0 amide bonds. The van der Waals surface area contributed by atoms with E-state index < -0.39 is 0 Å². The van der Waals surface area contributed by atoms with E-state index in [1.54, 1.807) is 0 Å². The van der Waals surface area contributed by atoms with Crippen molar-refractivity contribution in [2.45, 2.75) is 46.1 Å². The van der Waals surface area contributed by atoms with Gasteiger partial charge in [0.2, 0.25) is 0 Å². The summed E-state index contributed by atoms with van der Waals surface area (Å²) in [4.78, 5) is 0. The van der Waals surface area contributed by atoms with Gasteiger partial charge in [0.05, 0.1) is 0 Å². The van der Waals surface area contributed by atoms with E-state index >= 15 is 0 Å². The lowest BCUT2D eigenvalue weighted by atomic mass is 10.3. The fourth-order valence-electron chi connectivity index (χ4n) is 2.19. The van der Waals surface area contributed by atoms with Crippen LogP contribution in [0.25, 0.3) is 0 Å². The van der Waals surface area contributed by atoms with E-state index in [-0.39, 0.29) is 0 Å². The highest BCUT2D eigenvalue weighted by Gasteiger charge is 2.03. The van der Waals surface area contributed by atoms with Crippen molar-refractivity contribution in [3.63, 3.8) is 0 Å². The summed E-state index contributed by atoms with van der Waals surface area (Å²) in [5.41, 5.74) is 2.42. The number of hydrogen-bond donors (Lipinski definition) is 1. The van der Waals surface area contributed by atoms with Crippen LogP contribution < -0.4 is 9.88 Å². The summed E-state index contributed by atoms with van der Waals surface area (Å²) in [5, 5.41) is 3.32. The van der Waals surface area contributed by atoms with Crippen molar-refractivity contribution in [1.82, 2.24) is 5.32 Å². The van der Waals surface area contributed by atoms with Crippen molar-refractivity contribution in [2.75, 3.05) is 18.1 Å². The number of rotatable bonds is 14. The van der Waals surface area contributed by atoms with Crippen LogP contribution in [0.5, 0.6) is 0 Å². The lowest BCUT2D eigenvalue weighted by Crippen LogP contribution is -2.36. The molecule has 0 saturated carbocycles. The summed E-state index contributed by atoms with van der Waals surface area (Å²) in [6, 6.07) is 6.39. The van der Waals surface area contributed by atoms with Gasteiger partial charge in [0, 0.05) is 43.5 Å². The van der Waals surface area contributed by atoms with E-state index in [4.69, 9.17) is 0 Å². The average Bonchev–Trinajstić information content (AvgIpc) is 2.59. The summed E-state index contributed by atoms with van der Waals surface area (Å²) in [7, 11) is 4.05. The van der Waals surface area contributed by atoms with E-state index in [0.717, 1.165) is 18.7 Å². The number of nitrogens with one attached hydrogen (secondary N) is 1. The molecule has 0 spiro atoms. The molecule has 1 N–H and O–H groups in total. The molecule has 1 aromatic heterocycles. The molecule has 0 atom stereocenters. The van der Waals surface area contributed by atoms with E-state index in [1.165, 1.54) is 42.9 Å². The minimum Gasteiger partial charge on any atom is -0.391 e. The fraction of sp³-hybridized carbons (Fsp3) is 0.476. The molecule has 0 aromatic carbocycles. The molecule has 0 radical (unpaired) electrons. The van der Waals surface area contributed by atoms with Crippen molar-refractivity contribution < 1.29 is 4.57 Å². The summed E-state index contributed by atoms with van der Waals surface area (Å²) in [6.07, 6.45) is 15.3. The number of hydrogen-bond acceptors (Lipinski definition) is 3. The second-order valence-corrected chi connectivity index (χ2v) is 8.81. The van der Waals surface area contributed by atoms with Gasteiger partial charge in [0.1, 0.15) is 6.54 Å². The lowest BCUT2D eigenvalue weighted by Gasteiger charge is -2.02. The Hall–Kier alpha value is -1.13. The largest absolute Gasteiger partial charge is 0.391 e. The standard InChI is InChI=1S/C21H33N2S2/c1-20(2)12-4-6-14-22-15-7-10-18-24-25-19-11-9-17-23-16-8-5-13-21(23)3/h4-6,8,12-14,16,22H,1,7,9-11,15,17-19H2,2-3H3/q+1/b12-4-,14-6-. The van der Waals surface area contributed by atoms with Gasteiger partial charge in [-0.25, -0.2) is 4.57 Å². The van der Waals surface area contributed by atoms with Gasteiger partial charge in [0.25, 0.3) is 0 Å². The average molecular weight is 378 g/mol. The first-order valence-electron chi connectivity index (χ1n) is 9.12. The SMILES string of the molecule is C=C(C)/C=C\C=C/NCCCCSSCCCC[n+]1ccccc1C. The molecule has 1 rings (SSSR count). The molecule has 0 aliphatic heterocycles. The second kappa shape index (κ2) is 15.2. The third-order valence-corrected chi connectivity index (χ3v) is 6.21. The Balaban J connectivity index is 1.85. The van der Waals surface area contributed by atoms with Gasteiger partial charge in [-0.3, -0.25) is 0 Å². The molecule has 4 heteroatoms. The molecule has 1 aromatic rings. The lowest BCUT2D eigenvalue weighted by molar-refractivity contribution is -0.703. The number of aromatic nitrogens is 1. The van der Waals surface area contributed by atoms with Gasteiger partial charge < -0.3 is 5.32 Å². The summed E-state index contributed by atoms with van der Waals surface area (Å²) < 4.78 is 2.34. The van der Waals surface area contributed by atoms with Crippen molar-refractivity contribution in [1.29, 1.82) is 0 Å². The summed E-state index contributed by atoms with van der Waals surface area (Å²) >= 11 is 0. The van der Waals surface area contributed by atoms with E-state index in [9.17, 15) is 0 Å². The third kappa shape index (κ3) is 12.8. The normalized spacial score (nSPS) is 11.4. The van der Waals surface area contributed by atoms with Crippen LogP contribution in [0.2, 0.25) is 0 Å². The van der Waals surface area contributed by atoms with Gasteiger partial charge in [-0.2, -0.15) is 0 Å². The molecule has 0 fully saturated rings. The molecule has 0 unspecified atom stereocenters. The van der Waals surface area contributed by atoms with Crippen LogP contribution in [0.15, 0.2) is 61.0 Å². The zero-order chi connectivity index (χ0) is 18.2. The molecular weight excluding hydrogens is 344 g/mol. The number of allylic oxidation sites excluding steroid dienone is 4. The minimum atomic E-state index is 1.05. The zero-order valence-corrected chi connectivity index (χ0v) is 17.4. The smallest absolute Gasteiger partial charge is 0.178 e. The number of pyridine rings is 1. The predicted molar refractivity (Wildman–Crippen MR) is 116 cm³/mol. The Morgan fingerprint density at radius 1 is 1.12 bits per heavy atom. The van der Waals surface area contributed by atoms with Crippen LogP contribution >= 0.6 is 21.6 Å². The Morgan fingerprint density at radius 3 is 2.60 bits per heavy atom. The summed E-state index contributed by atoms with van der Waals surface area (Å²) in [6.45, 7) is 10.2.